The summed E-state index contributed by atoms with van der Waals surface area (Å²) in [6.45, 7) is 1.88. The van der Waals surface area contributed by atoms with Gasteiger partial charge in [-0.1, -0.05) is 6.07 Å². The molecule has 1 N–H and O–H groups in total. The smallest absolute Gasteiger partial charge is 0.335 e. The number of carboxylic acid groups (broad SMARTS) is 1. The van der Waals surface area contributed by atoms with Crippen LogP contribution in [0.25, 0.3) is 23.0 Å². The lowest BCUT2D eigenvalue weighted by molar-refractivity contribution is 0.0697. The number of pyridine rings is 1. The van der Waals surface area contributed by atoms with Crippen molar-refractivity contribution in [2.24, 2.45) is 0 Å². The van der Waals surface area contributed by atoms with Crippen LogP contribution in [0.15, 0.2) is 46.9 Å². The standard InChI is InChI=1S/C15H11N3O3/c1-9-3-2-4-12(16-9)14-18-17-13(21-14)10-5-7-11(8-6-10)15(19)20/h2-8H,1H3,(H,19,20). The summed E-state index contributed by atoms with van der Waals surface area (Å²) in [4.78, 5) is 15.1. The maximum absolute atomic E-state index is 10.8. The highest BCUT2D eigenvalue weighted by molar-refractivity contribution is 5.88. The van der Waals surface area contributed by atoms with Crippen molar-refractivity contribution < 1.29 is 14.3 Å². The first kappa shape index (κ1) is 13.0. The van der Waals surface area contributed by atoms with Crippen LogP contribution in [0.5, 0.6) is 0 Å². The first-order valence-corrected chi connectivity index (χ1v) is 6.25. The summed E-state index contributed by atoms with van der Waals surface area (Å²) in [6.07, 6.45) is 0. The van der Waals surface area contributed by atoms with Gasteiger partial charge in [-0.15, -0.1) is 10.2 Å². The minimum absolute atomic E-state index is 0.207. The molecule has 0 radical (unpaired) electrons. The van der Waals surface area contributed by atoms with E-state index in [0.29, 0.717) is 23.0 Å². The Morgan fingerprint density at radius 2 is 1.76 bits per heavy atom. The number of benzene rings is 1. The van der Waals surface area contributed by atoms with Crippen molar-refractivity contribution in [1.29, 1.82) is 0 Å². The van der Waals surface area contributed by atoms with E-state index >= 15 is 0 Å². The van der Waals surface area contributed by atoms with Crippen molar-refractivity contribution in [3.8, 4) is 23.0 Å². The zero-order chi connectivity index (χ0) is 14.8. The van der Waals surface area contributed by atoms with Gasteiger partial charge < -0.3 is 9.52 Å². The largest absolute Gasteiger partial charge is 0.478 e. The molecule has 0 saturated heterocycles. The fourth-order valence-electron chi connectivity index (χ4n) is 1.86. The number of nitrogens with zero attached hydrogens (tertiary/aromatic N) is 3. The second-order valence-electron chi connectivity index (χ2n) is 4.46. The fourth-order valence-corrected chi connectivity index (χ4v) is 1.86. The van der Waals surface area contributed by atoms with Gasteiger partial charge in [0, 0.05) is 11.3 Å². The highest BCUT2D eigenvalue weighted by atomic mass is 16.4. The normalized spacial score (nSPS) is 10.5. The molecule has 6 nitrogen and oxygen atoms in total. The lowest BCUT2D eigenvalue weighted by Crippen LogP contribution is -1.94. The van der Waals surface area contributed by atoms with E-state index in [0.717, 1.165) is 5.69 Å². The van der Waals surface area contributed by atoms with Crippen LogP contribution >= 0.6 is 0 Å². The van der Waals surface area contributed by atoms with Gasteiger partial charge in [-0.05, 0) is 43.3 Å². The number of carbonyl (C=O) groups is 1. The Morgan fingerprint density at radius 3 is 2.43 bits per heavy atom. The van der Waals surface area contributed by atoms with E-state index in [1.54, 1.807) is 18.2 Å². The van der Waals surface area contributed by atoms with Crippen LogP contribution in [0.4, 0.5) is 0 Å². The van der Waals surface area contributed by atoms with Crippen LogP contribution in [-0.2, 0) is 0 Å². The third-order valence-corrected chi connectivity index (χ3v) is 2.91. The van der Waals surface area contributed by atoms with Crippen LogP contribution in [-0.4, -0.2) is 26.3 Å². The molecule has 0 amide bonds. The molecule has 6 heteroatoms. The summed E-state index contributed by atoms with van der Waals surface area (Å²) in [5, 5.41) is 16.8. The van der Waals surface area contributed by atoms with Gasteiger partial charge in [-0.25, -0.2) is 9.78 Å². The molecule has 104 valence electrons. The third-order valence-electron chi connectivity index (χ3n) is 2.91. The molecule has 0 aliphatic carbocycles. The van der Waals surface area contributed by atoms with Crippen molar-refractivity contribution in [2.45, 2.75) is 6.92 Å². The second kappa shape index (κ2) is 5.16. The van der Waals surface area contributed by atoms with Gasteiger partial charge in [0.05, 0.1) is 5.56 Å². The van der Waals surface area contributed by atoms with Gasteiger partial charge in [-0.3, -0.25) is 0 Å². The van der Waals surface area contributed by atoms with Crippen molar-refractivity contribution in [2.75, 3.05) is 0 Å². The predicted molar refractivity (Wildman–Crippen MR) is 74.7 cm³/mol. The van der Waals surface area contributed by atoms with Crippen LogP contribution in [0.2, 0.25) is 0 Å². The van der Waals surface area contributed by atoms with Crippen molar-refractivity contribution in [3.05, 3.63) is 53.7 Å². The Labute approximate surface area is 120 Å². The summed E-state index contributed by atoms with van der Waals surface area (Å²) in [6, 6.07) is 11.8. The Bertz CT molecular complexity index is 794. The lowest BCUT2D eigenvalue weighted by atomic mass is 10.1. The summed E-state index contributed by atoms with van der Waals surface area (Å²) in [5.41, 5.74) is 2.33. The maximum atomic E-state index is 10.8. The second-order valence-corrected chi connectivity index (χ2v) is 4.46. The summed E-state index contributed by atoms with van der Waals surface area (Å²) in [5.74, 6) is -0.321. The number of hydrogen-bond acceptors (Lipinski definition) is 5. The molecule has 2 heterocycles. The minimum Gasteiger partial charge on any atom is -0.478 e. The van der Waals surface area contributed by atoms with E-state index in [2.05, 4.69) is 15.2 Å². The van der Waals surface area contributed by atoms with E-state index < -0.39 is 5.97 Å². The topological polar surface area (TPSA) is 89.1 Å². The molecule has 0 unspecified atom stereocenters. The van der Waals surface area contributed by atoms with Gasteiger partial charge in [0.1, 0.15) is 5.69 Å². The van der Waals surface area contributed by atoms with Gasteiger partial charge in [0.15, 0.2) is 0 Å². The summed E-state index contributed by atoms with van der Waals surface area (Å²) < 4.78 is 5.58. The van der Waals surface area contributed by atoms with Crippen molar-refractivity contribution >= 4 is 5.97 Å². The molecule has 3 aromatic rings. The van der Waals surface area contributed by atoms with E-state index in [1.807, 2.05) is 19.1 Å². The molecule has 0 saturated carbocycles. The predicted octanol–water partition coefficient (Wildman–Crippen LogP) is 2.81. The lowest BCUT2D eigenvalue weighted by Gasteiger charge is -1.97. The van der Waals surface area contributed by atoms with Crippen LogP contribution in [0.1, 0.15) is 16.1 Å². The van der Waals surface area contributed by atoms with Gasteiger partial charge in [0.2, 0.25) is 5.89 Å². The molecule has 0 spiro atoms. The van der Waals surface area contributed by atoms with Crippen LogP contribution < -0.4 is 0 Å². The third kappa shape index (κ3) is 2.64. The number of aromatic carboxylic acids is 1. The molecule has 0 bridgehead atoms. The molecule has 0 atom stereocenters. The molecule has 2 aromatic heterocycles. The fraction of sp³-hybridized carbons (Fsp3) is 0.0667. The molecule has 3 rings (SSSR count). The Hall–Kier alpha value is -3.02. The van der Waals surface area contributed by atoms with E-state index in [-0.39, 0.29) is 5.56 Å². The molecule has 0 aliphatic rings. The zero-order valence-electron chi connectivity index (χ0n) is 11.1. The van der Waals surface area contributed by atoms with Crippen molar-refractivity contribution in [3.63, 3.8) is 0 Å². The Balaban J connectivity index is 1.93. The number of aromatic nitrogens is 3. The molecule has 21 heavy (non-hydrogen) atoms. The van der Waals surface area contributed by atoms with Gasteiger partial charge in [0.25, 0.3) is 5.89 Å². The van der Waals surface area contributed by atoms with Gasteiger partial charge in [-0.2, -0.15) is 0 Å². The number of carboxylic acids is 1. The molecule has 0 fully saturated rings. The summed E-state index contributed by atoms with van der Waals surface area (Å²) in [7, 11) is 0. The monoisotopic (exact) mass is 281 g/mol. The Morgan fingerprint density at radius 1 is 1.05 bits per heavy atom. The zero-order valence-corrected chi connectivity index (χ0v) is 11.1. The maximum Gasteiger partial charge on any atom is 0.335 e. The average molecular weight is 281 g/mol. The Kier molecular flexibility index (Phi) is 3.19. The SMILES string of the molecule is Cc1cccc(-c2nnc(-c3ccc(C(=O)O)cc3)o2)n1. The number of hydrogen-bond donors (Lipinski definition) is 1. The van der Waals surface area contributed by atoms with Crippen LogP contribution in [0.3, 0.4) is 0 Å². The van der Waals surface area contributed by atoms with E-state index in [1.165, 1.54) is 12.1 Å². The molecular weight excluding hydrogens is 270 g/mol. The first-order valence-electron chi connectivity index (χ1n) is 6.25. The highest BCUT2D eigenvalue weighted by Gasteiger charge is 2.12. The molecule has 1 aromatic carbocycles. The molecular formula is C15H11N3O3. The van der Waals surface area contributed by atoms with E-state index in [9.17, 15) is 4.79 Å². The number of rotatable bonds is 3. The minimum atomic E-state index is -0.975. The number of aryl methyl sites for hydroxylation is 1. The average Bonchev–Trinajstić information content (AvgIpc) is 2.97. The van der Waals surface area contributed by atoms with Gasteiger partial charge >= 0.3 is 5.97 Å². The highest BCUT2D eigenvalue weighted by Crippen LogP contribution is 2.23. The van der Waals surface area contributed by atoms with E-state index in [4.69, 9.17) is 9.52 Å². The first-order chi connectivity index (χ1) is 10.1. The molecule has 0 aliphatic heterocycles. The summed E-state index contributed by atoms with van der Waals surface area (Å²) >= 11 is 0. The quantitative estimate of drug-likeness (QED) is 0.794. The van der Waals surface area contributed by atoms with Crippen molar-refractivity contribution in [1.82, 2.24) is 15.2 Å². The van der Waals surface area contributed by atoms with Crippen LogP contribution in [0, 0.1) is 6.92 Å².